The normalized spacial score (nSPS) is 45.1. The van der Waals surface area contributed by atoms with Gasteiger partial charge in [-0.15, -0.1) is 0 Å². The van der Waals surface area contributed by atoms with Crippen LogP contribution in [0.15, 0.2) is 0 Å². The van der Waals surface area contributed by atoms with Crippen molar-refractivity contribution in [3.63, 3.8) is 0 Å². The van der Waals surface area contributed by atoms with Crippen LogP contribution in [0.4, 0.5) is 4.79 Å². The number of likely N-dealkylation sites (N-methyl/N-ethyl adjacent to an activating group) is 2. The maximum absolute atomic E-state index is 11.9. The third kappa shape index (κ3) is 0.812. The van der Waals surface area contributed by atoms with E-state index < -0.39 is 0 Å². The van der Waals surface area contributed by atoms with Crippen LogP contribution in [0, 0.1) is 11.8 Å². The van der Waals surface area contributed by atoms with E-state index in [-0.39, 0.29) is 6.03 Å². The van der Waals surface area contributed by atoms with Crippen molar-refractivity contribution < 1.29 is 4.79 Å². The Morgan fingerprint density at radius 2 is 1.93 bits per heavy atom. The van der Waals surface area contributed by atoms with E-state index in [1.807, 2.05) is 11.9 Å². The summed E-state index contributed by atoms with van der Waals surface area (Å²) in [7, 11) is 1.98. The smallest absolute Gasteiger partial charge is 0.320 e. The fraction of sp³-hybridized carbons (Fsp3) is 0.909. The average Bonchev–Trinajstić information content (AvgIpc) is 2.82. The zero-order valence-corrected chi connectivity index (χ0v) is 8.94. The monoisotopic (exact) mass is 194 g/mol. The van der Waals surface area contributed by atoms with Crippen molar-refractivity contribution in [3.8, 4) is 0 Å². The average molecular weight is 194 g/mol. The highest BCUT2D eigenvalue weighted by molar-refractivity contribution is 5.78. The van der Waals surface area contributed by atoms with Crippen molar-refractivity contribution >= 4 is 6.03 Å². The number of hydrogen-bond donors (Lipinski definition) is 0. The summed E-state index contributed by atoms with van der Waals surface area (Å²) in [6, 6.07) is 1.36. The number of carbonyl (C=O) groups excluding carboxylic acids is 1. The Hall–Kier alpha value is -0.730. The Morgan fingerprint density at radius 1 is 1.29 bits per heavy atom. The van der Waals surface area contributed by atoms with Gasteiger partial charge in [0.05, 0.1) is 12.1 Å². The van der Waals surface area contributed by atoms with Crippen LogP contribution in [0.1, 0.15) is 26.2 Å². The number of fused-ring (bicyclic) bond motifs is 5. The molecule has 0 aromatic rings. The summed E-state index contributed by atoms with van der Waals surface area (Å²) in [6.45, 7) is 2.98. The molecular weight excluding hydrogens is 176 g/mol. The molecule has 0 spiro atoms. The minimum Gasteiger partial charge on any atom is -0.322 e. The van der Waals surface area contributed by atoms with Crippen LogP contribution in [-0.4, -0.2) is 41.5 Å². The summed E-state index contributed by atoms with van der Waals surface area (Å²) >= 11 is 0. The van der Waals surface area contributed by atoms with Crippen LogP contribution in [0.2, 0.25) is 0 Å². The lowest BCUT2D eigenvalue weighted by Gasteiger charge is -2.29. The Morgan fingerprint density at radius 3 is 2.57 bits per heavy atom. The van der Waals surface area contributed by atoms with E-state index >= 15 is 0 Å². The summed E-state index contributed by atoms with van der Waals surface area (Å²) < 4.78 is 0. The SMILES string of the molecule is CCN1C(=O)N(C)[C@H]2[C@H]3CC[C@H](C3)[C@H]21. The van der Waals surface area contributed by atoms with Crippen molar-refractivity contribution in [2.45, 2.75) is 38.3 Å². The molecule has 0 unspecified atom stereocenters. The third-order valence-corrected chi connectivity index (χ3v) is 4.52. The van der Waals surface area contributed by atoms with Gasteiger partial charge >= 0.3 is 6.03 Å². The molecule has 1 heterocycles. The molecule has 3 nitrogen and oxygen atoms in total. The highest BCUT2D eigenvalue weighted by atomic mass is 16.2. The summed E-state index contributed by atoms with van der Waals surface area (Å²) in [5, 5.41) is 0. The summed E-state index contributed by atoms with van der Waals surface area (Å²) in [5.41, 5.74) is 0. The summed E-state index contributed by atoms with van der Waals surface area (Å²) in [6.07, 6.45) is 4.06. The Balaban J connectivity index is 1.96. The molecule has 1 saturated heterocycles. The number of rotatable bonds is 1. The van der Waals surface area contributed by atoms with Crippen LogP contribution in [0.5, 0.6) is 0 Å². The van der Waals surface area contributed by atoms with Crippen LogP contribution in [-0.2, 0) is 0 Å². The zero-order chi connectivity index (χ0) is 9.87. The quantitative estimate of drug-likeness (QED) is 0.621. The van der Waals surface area contributed by atoms with Gasteiger partial charge in [-0.2, -0.15) is 0 Å². The second kappa shape index (κ2) is 2.65. The first kappa shape index (κ1) is 8.57. The fourth-order valence-corrected chi connectivity index (χ4v) is 4.02. The molecule has 0 radical (unpaired) electrons. The zero-order valence-electron chi connectivity index (χ0n) is 8.94. The number of carbonyl (C=O) groups is 1. The Bertz CT molecular complexity index is 278. The van der Waals surface area contributed by atoms with Gasteiger partial charge in [0.2, 0.25) is 0 Å². The molecule has 2 amide bonds. The maximum Gasteiger partial charge on any atom is 0.320 e. The topological polar surface area (TPSA) is 23.6 Å². The molecule has 2 aliphatic carbocycles. The van der Waals surface area contributed by atoms with Gasteiger partial charge in [0.15, 0.2) is 0 Å². The van der Waals surface area contributed by atoms with Crippen molar-refractivity contribution in [3.05, 3.63) is 0 Å². The van der Waals surface area contributed by atoms with Crippen LogP contribution >= 0.6 is 0 Å². The van der Waals surface area contributed by atoms with E-state index in [9.17, 15) is 4.79 Å². The van der Waals surface area contributed by atoms with E-state index in [0.717, 1.165) is 18.4 Å². The van der Waals surface area contributed by atoms with E-state index in [2.05, 4.69) is 11.8 Å². The van der Waals surface area contributed by atoms with Gasteiger partial charge < -0.3 is 9.80 Å². The highest BCUT2D eigenvalue weighted by Gasteiger charge is 2.57. The van der Waals surface area contributed by atoms with Crippen LogP contribution < -0.4 is 0 Å². The fourth-order valence-electron chi connectivity index (χ4n) is 4.02. The second-order valence-electron chi connectivity index (χ2n) is 4.99. The molecule has 3 fully saturated rings. The number of amides is 2. The number of nitrogens with zero attached hydrogens (tertiary/aromatic N) is 2. The molecule has 0 aromatic carbocycles. The molecule has 2 saturated carbocycles. The van der Waals surface area contributed by atoms with Crippen molar-refractivity contribution in [1.29, 1.82) is 0 Å². The van der Waals surface area contributed by atoms with Gasteiger partial charge in [0.25, 0.3) is 0 Å². The molecule has 14 heavy (non-hydrogen) atoms. The predicted octanol–water partition coefficient (Wildman–Crippen LogP) is 1.54. The van der Waals surface area contributed by atoms with Gasteiger partial charge in [-0.05, 0) is 38.0 Å². The molecule has 2 bridgehead atoms. The van der Waals surface area contributed by atoms with E-state index in [1.165, 1.54) is 19.3 Å². The second-order valence-corrected chi connectivity index (χ2v) is 4.99. The molecule has 1 aliphatic heterocycles. The minimum atomic E-state index is 0.263. The van der Waals surface area contributed by atoms with Gasteiger partial charge in [0.1, 0.15) is 0 Å². The predicted molar refractivity (Wildman–Crippen MR) is 53.9 cm³/mol. The summed E-state index contributed by atoms with van der Waals surface area (Å²) in [4.78, 5) is 16.0. The molecule has 3 rings (SSSR count). The first-order valence-corrected chi connectivity index (χ1v) is 5.77. The largest absolute Gasteiger partial charge is 0.322 e. The standard InChI is InChI=1S/C11H18N2O/c1-3-13-10-8-5-4-7(6-8)9(10)12(2)11(13)14/h7-10H,3-6H2,1-2H3/t7-,8+,9-,10+/m0/s1. The highest BCUT2D eigenvalue weighted by Crippen LogP contribution is 2.51. The van der Waals surface area contributed by atoms with E-state index in [0.29, 0.717) is 12.1 Å². The molecule has 78 valence electrons. The molecule has 3 aliphatic rings. The third-order valence-electron chi connectivity index (χ3n) is 4.52. The first-order chi connectivity index (χ1) is 6.74. The van der Waals surface area contributed by atoms with Gasteiger partial charge in [0, 0.05) is 13.6 Å². The lowest BCUT2D eigenvalue weighted by molar-refractivity contribution is 0.183. The number of hydrogen-bond acceptors (Lipinski definition) is 1. The van der Waals surface area contributed by atoms with Crippen LogP contribution in [0.3, 0.4) is 0 Å². The molecular formula is C11H18N2O. The Labute approximate surface area is 85.1 Å². The molecule has 3 heteroatoms. The maximum atomic E-state index is 11.9. The van der Waals surface area contributed by atoms with Gasteiger partial charge in [-0.1, -0.05) is 0 Å². The van der Waals surface area contributed by atoms with Gasteiger partial charge in [-0.3, -0.25) is 0 Å². The van der Waals surface area contributed by atoms with Crippen molar-refractivity contribution in [2.24, 2.45) is 11.8 Å². The lowest BCUT2D eigenvalue weighted by Crippen LogP contribution is -2.41. The van der Waals surface area contributed by atoms with Crippen LogP contribution in [0.25, 0.3) is 0 Å². The Kier molecular flexibility index (Phi) is 1.62. The number of urea groups is 1. The van der Waals surface area contributed by atoms with E-state index in [4.69, 9.17) is 0 Å². The molecule has 4 atom stereocenters. The first-order valence-electron chi connectivity index (χ1n) is 5.77. The van der Waals surface area contributed by atoms with Gasteiger partial charge in [-0.25, -0.2) is 4.79 Å². The van der Waals surface area contributed by atoms with E-state index in [1.54, 1.807) is 0 Å². The summed E-state index contributed by atoms with van der Waals surface area (Å²) in [5.74, 6) is 1.61. The van der Waals surface area contributed by atoms with Crippen molar-refractivity contribution in [1.82, 2.24) is 9.80 Å². The molecule has 0 N–H and O–H groups in total. The minimum absolute atomic E-state index is 0.263. The van der Waals surface area contributed by atoms with Crippen molar-refractivity contribution in [2.75, 3.05) is 13.6 Å². The molecule has 0 aromatic heterocycles. The lowest BCUT2D eigenvalue weighted by atomic mass is 9.90.